The lowest BCUT2D eigenvalue weighted by molar-refractivity contribution is -0.107. The van der Waals surface area contributed by atoms with E-state index in [0.717, 1.165) is 10.8 Å². The van der Waals surface area contributed by atoms with Gasteiger partial charge in [-0.1, -0.05) is 15.9 Å². The van der Waals surface area contributed by atoms with Crippen molar-refractivity contribution in [3.8, 4) is 0 Å². The van der Waals surface area contributed by atoms with E-state index in [0.29, 0.717) is 25.1 Å². The highest BCUT2D eigenvalue weighted by Crippen LogP contribution is 2.15. The highest BCUT2D eigenvalue weighted by Gasteiger charge is 2.01. The van der Waals surface area contributed by atoms with Gasteiger partial charge in [0.2, 0.25) is 0 Å². The van der Waals surface area contributed by atoms with Gasteiger partial charge in [-0.2, -0.15) is 0 Å². The average Bonchev–Trinajstić information content (AvgIpc) is 2.18. The molecule has 0 unspecified atom stereocenters. The molecule has 1 rings (SSSR count). The number of benzene rings is 1. The van der Waals surface area contributed by atoms with E-state index >= 15 is 0 Å². The maximum absolute atomic E-state index is 13.2. The predicted octanol–water partition coefficient (Wildman–Crippen LogP) is 1.92. The summed E-state index contributed by atoms with van der Waals surface area (Å²) in [7, 11) is 0. The van der Waals surface area contributed by atoms with Crippen LogP contribution in [-0.4, -0.2) is 19.4 Å². The smallest absolute Gasteiger partial charge is 0.133 e. The van der Waals surface area contributed by atoms with E-state index in [4.69, 9.17) is 0 Å². The number of rotatable bonds is 5. The molecule has 0 saturated carbocycles. The number of carbonyl (C=O) groups is 1. The molecule has 0 bridgehead atoms. The molecule has 0 radical (unpaired) electrons. The van der Waals surface area contributed by atoms with Crippen molar-refractivity contribution in [2.24, 2.45) is 0 Å². The quantitative estimate of drug-likeness (QED) is 0.647. The Labute approximate surface area is 90.6 Å². The van der Waals surface area contributed by atoms with Gasteiger partial charge in [-0.3, -0.25) is 0 Å². The Kier molecular flexibility index (Phi) is 4.76. The second kappa shape index (κ2) is 5.88. The zero-order valence-corrected chi connectivity index (χ0v) is 9.18. The molecule has 0 aliphatic heterocycles. The molecule has 14 heavy (non-hydrogen) atoms. The lowest BCUT2D eigenvalue weighted by Crippen LogP contribution is -2.19. The number of carbonyl (C=O) groups excluding carboxylic acids is 1. The Hall–Kier alpha value is -0.740. The Balaban J connectivity index is 2.49. The predicted molar refractivity (Wildman–Crippen MR) is 56.7 cm³/mol. The molecule has 0 amide bonds. The van der Waals surface area contributed by atoms with E-state index in [-0.39, 0.29) is 5.82 Å². The van der Waals surface area contributed by atoms with Gasteiger partial charge in [0.15, 0.2) is 0 Å². The average molecular weight is 260 g/mol. The molecule has 4 heteroatoms. The molecule has 1 aromatic rings. The van der Waals surface area contributed by atoms with Crippen molar-refractivity contribution in [1.29, 1.82) is 0 Å². The van der Waals surface area contributed by atoms with Crippen LogP contribution in [0.5, 0.6) is 0 Å². The summed E-state index contributed by atoms with van der Waals surface area (Å²) in [5.41, 5.74) is 0.651. The number of hydrogen-bond donors (Lipinski definition) is 1. The molecule has 0 aliphatic carbocycles. The summed E-state index contributed by atoms with van der Waals surface area (Å²) in [6.45, 7) is 0.918. The van der Waals surface area contributed by atoms with Crippen LogP contribution >= 0.6 is 15.9 Å². The largest absolute Gasteiger partial charge is 0.310 e. The van der Waals surface area contributed by atoms with E-state index in [1.165, 1.54) is 6.07 Å². The van der Waals surface area contributed by atoms with Crippen LogP contribution in [-0.2, 0) is 11.2 Å². The summed E-state index contributed by atoms with van der Waals surface area (Å²) in [6, 6.07) is 4.84. The summed E-state index contributed by atoms with van der Waals surface area (Å²) in [5.74, 6) is -0.207. The Morgan fingerprint density at radius 3 is 3.00 bits per heavy atom. The monoisotopic (exact) mass is 259 g/mol. The fourth-order valence-electron chi connectivity index (χ4n) is 1.12. The molecule has 76 valence electrons. The van der Waals surface area contributed by atoms with Gasteiger partial charge >= 0.3 is 0 Å². The van der Waals surface area contributed by atoms with Crippen LogP contribution in [0.1, 0.15) is 5.56 Å². The fraction of sp³-hybridized carbons (Fsp3) is 0.300. The minimum Gasteiger partial charge on any atom is -0.310 e. The number of halogens is 2. The van der Waals surface area contributed by atoms with Gasteiger partial charge in [0.05, 0.1) is 6.54 Å². The van der Waals surface area contributed by atoms with Crippen LogP contribution in [0.15, 0.2) is 22.7 Å². The van der Waals surface area contributed by atoms with Gasteiger partial charge < -0.3 is 10.1 Å². The van der Waals surface area contributed by atoms with E-state index in [1.54, 1.807) is 12.1 Å². The van der Waals surface area contributed by atoms with Crippen molar-refractivity contribution in [2.45, 2.75) is 6.42 Å². The van der Waals surface area contributed by atoms with Crippen molar-refractivity contribution in [1.82, 2.24) is 5.32 Å². The third-order valence-corrected chi connectivity index (χ3v) is 2.30. The van der Waals surface area contributed by atoms with Gasteiger partial charge in [-0.05, 0) is 36.7 Å². The Morgan fingerprint density at radius 2 is 2.29 bits per heavy atom. The van der Waals surface area contributed by atoms with E-state index in [2.05, 4.69) is 21.2 Å². The van der Waals surface area contributed by atoms with Gasteiger partial charge in [0, 0.05) is 4.47 Å². The fourth-order valence-corrected chi connectivity index (χ4v) is 1.53. The normalized spacial score (nSPS) is 10.1. The minimum atomic E-state index is -0.207. The van der Waals surface area contributed by atoms with E-state index in [9.17, 15) is 9.18 Å². The summed E-state index contributed by atoms with van der Waals surface area (Å²) >= 11 is 3.28. The first-order valence-electron chi connectivity index (χ1n) is 4.32. The molecule has 0 aliphatic rings. The minimum absolute atomic E-state index is 0.207. The molecular formula is C10H11BrFNO. The summed E-state index contributed by atoms with van der Waals surface area (Å²) in [5, 5.41) is 2.88. The van der Waals surface area contributed by atoms with Crippen LogP contribution in [0.2, 0.25) is 0 Å². The maximum atomic E-state index is 13.2. The summed E-state index contributed by atoms with van der Waals surface area (Å²) in [4.78, 5) is 9.99. The first kappa shape index (κ1) is 11.3. The topological polar surface area (TPSA) is 29.1 Å². The molecule has 0 fully saturated rings. The Bertz CT molecular complexity index is 317. The summed E-state index contributed by atoms with van der Waals surface area (Å²) in [6.07, 6.45) is 1.37. The highest BCUT2D eigenvalue weighted by molar-refractivity contribution is 9.10. The van der Waals surface area contributed by atoms with Crippen LogP contribution in [0.4, 0.5) is 4.39 Å². The first-order chi connectivity index (χ1) is 6.74. The molecule has 2 nitrogen and oxygen atoms in total. The van der Waals surface area contributed by atoms with Crippen molar-refractivity contribution < 1.29 is 9.18 Å². The van der Waals surface area contributed by atoms with Crippen LogP contribution in [0, 0.1) is 5.82 Å². The second-order valence-electron chi connectivity index (χ2n) is 2.86. The third kappa shape index (κ3) is 3.55. The zero-order chi connectivity index (χ0) is 10.4. The van der Waals surface area contributed by atoms with Crippen molar-refractivity contribution in [2.75, 3.05) is 13.1 Å². The molecule has 0 aromatic heterocycles. The van der Waals surface area contributed by atoms with Gasteiger partial charge in [0.1, 0.15) is 12.1 Å². The zero-order valence-electron chi connectivity index (χ0n) is 7.59. The molecule has 0 heterocycles. The third-order valence-electron chi connectivity index (χ3n) is 1.81. The lowest BCUT2D eigenvalue weighted by Gasteiger charge is -2.03. The van der Waals surface area contributed by atoms with Crippen LogP contribution in [0.25, 0.3) is 0 Å². The molecule has 0 spiro atoms. The van der Waals surface area contributed by atoms with E-state index in [1.807, 2.05) is 0 Å². The van der Waals surface area contributed by atoms with Crippen LogP contribution < -0.4 is 5.32 Å². The Morgan fingerprint density at radius 1 is 1.50 bits per heavy atom. The highest BCUT2D eigenvalue weighted by atomic mass is 79.9. The van der Waals surface area contributed by atoms with Crippen LogP contribution in [0.3, 0.4) is 0 Å². The SMILES string of the molecule is O=CCNCCc1cc(Br)ccc1F. The van der Waals surface area contributed by atoms with E-state index < -0.39 is 0 Å². The van der Waals surface area contributed by atoms with Gasteiger partial charge in [-0.25, -0.2) is 4.39 Å². The standard InChI is InChI=1S/C10H11BrFNO/c11-9-1-2-10(12)8(7-9)3-4-13-5-6-14/h1-2,6-7,13H,3-5H2. The number of hydrogen-bond acceptors (Lipinski definition) is 2. The van der Waals surface area contributed by atoms with Crippen molar-refractivity contribution in [3.63, 3.8) is 0 Å². The number of aldehydes is 1. The van der Waals surface area contributed by atoms with Crippen molar-refractivity contribution >= 4 is 22.2 Å². The van der Waals surface area contributed by atoms with Gasteiger partial charge in [-0.15, -0.1) is 0 Å². The first-order valence-corrected chi connectivity index (χ1v) is 5.11. The number of nitrogens with one attached hydrogen (secondary N) is 1. The molecule has 1 N–H and O–H groups in total. The maximum Gasteiger partial charge on any atom is 0.133 e. The van der Waals surface area contributed by atoms with Gasteiger partial charge in [0.25, 0.3) is 0 Å². The molecular weight excluding hydrogens is 249 g/mol. The van der Waals surface area contributed by atoms with Crippen molar-refractivity contribution in [3.05, 3.63) is 34.1 Å². The molecule has 0 saturated heterocycles. The molecule has 0 atom stereocenters. The molecule has 1 aromatic carbocycles. The lowest BCUT2D eigenvalue weighted by atomic mass is 10.1. The second-order valence-corrected chi connectivity index (χ2v) is 3.77. The summed E-state index contributed by atoms with van der Waals surface area (Å²) < 4.78 is 14.0.